The Hall–Kier alpha value is -0.730. The zero-order chi connectivity index (χ0) is 9.02. The van der Waals surface area contributed by atoms with Crippen LogP contribution in [0.1, 0.15) is 20.3 Å². The SMILES string of the molecule is CC/C(=C(\C)C(N)=O)[P+](=O)[O-]. The predicted molar refractivity (Wildman–Crippen MR) is 39.8 cm³/mol. The van der Waals surface area contributed by atoms with Crippen LogP contribution in [0.2, 0.25) is 0 Å². The van der Waals surface area contributed by atoms with E-state index >= 15 is 0 Å². The molecule has 0 heterocycles. The first-order chi connectivity index (χ1) is 5.00. The van der Waals surface area contributed by atoms with E-state index in [2.05, 4.69) is 0 Å². The Balaban J connectivity index is 4.83. The fraction of sp³-hybridized carbons (Fsp3) is 0.500. The minimum atomic E-state index is -2.66. The largest absolute Gasteiger partial charge is 0.591 e. The van der Waals surface area contributed by atoms with Crippen molar-refractivity contribution in [1.82, 2.24) is 0 Å². The van der Waals surface area contributed by atoms with E-state index in [0.29, 0.717) is 6.42 Å². The van der Waals surface area contributed by atoms with E-state index in [9.17, 15) is 14.3 Å². The van der Waals surface area contributed by atoms with E-state index in [1.807, 2.05) is 0 Å². The molecule has 1 amide bonds. The van der Waals surface area contributed by atoms with E-state index in [1.54, 1.807) is 6.92 Å². The molecule has 0 aromatic heterocycles. The Bertz CT molecular complexity index is 222. The Morgan fingerprint density at radius 2 is 2.09 bits per heavy atom. The summed E-state index contributed by atoms with van der Waals surface area (Å²) < 4.78 is 10.4. The van der Waals surface area contributed by atoms with Crippen molar-refractivity contribution in [2.24, 2.45) is 5.73 Å². The van der Waals surface area contributed by atoms with Crippen molar-refractivity contribution in [3.8, 4) is 0 Å². The maximum Gasteiger partial charge on any atom is 0.344 e. The standard InChI is InChI=1S/C6H10NO3P/c1-3-5(11(9)10)4(2)6(7)8/h3H2,1-2H3,(H2,7,8)/b5-4-. The monoisotopic (exact) mass is 175 g/mol. The molecule has 0 aromatic carbocycles. The third kappa shape index (κ3) is 2.78. The summed E-state index contributed by atoms with van der Waals surface area (Å²) in [5, 5.41) is 0.118. The first-order valence-electron chi connectivity index (χ1n) is 3.14. The number of nitrogens with two attached hydrogens (primary N) is 1. The van der Waals surface area contributed by atoms with Crippen molar-refractivity contribution < 1.29 is 14.3 Å². The van der Waals surface area contributed by atoms with Crippen molar-refractivity contribution >= 4 is 13.9 Å². The second-order valence-electron chi connectivity index (χ2n) is 2.05. The summed E-state index contributed by atoms with van der Waals surface area (Å²) in [6, 6.07) is 0. The lowest BCUT2D eigenvalue weighted by molar-refractivity contribution is -0.162. The molecule has 1 atom stereocenters. The van der Waals surface area contributed by atoms with Crippen LogP contribution in [0.25, 0.3) is 0 Å². The molecule has 11 heavy (non-hydrogen) atoms. The molecule has 5 heteroatoms. The van der Waals surface area contributed by atoms with Gasteiger partial charge in [0, 0.05) is 6.42 Å². The van der Waals surface area contributed by atoms with Crippen LogP contribution in [0, 0.1) is 0 Å². The molecule has 0 radical (unpaired) electrons. The highest BCUT2D eigenvalue weighted by Gasteiger charge is 2.16. The van der Waals surface area contributed by atoms with E-state index in [1.165, 1.54) is 6.92 Å². The van der Waals surface area contributed by atoms with Gasteiger partial charge >= 0.3 is 8.03 Å². The number of hydrogen-bond donors (Lipinski definition) is 1. The minimum absolute atomic E-state index is 0.118. The topological polar surface area (TPSA) is 83.2 Å². The molecule has 0 fully saturated rings. The molecule has 4 nitrogen and oxygen atoms in total. The number of primary amides is 1. The first kappa shape index (κ1) is 10.3. The van der Waals surface area contributed by atoms with Gasteiger partial charge in [-0.1, -0.05) is 11.5 Å². The normalized spacial score (nSPS) is 13.9. The fourth-order valence-corrected chi connectivity index (χ4v) is 1.32. The molecule has 0 spiro atoms. The van der Waals surface area contributed by atoms with Gasteiger partial charge in [-0.25, -0.2) is 0 Å². The first-order valence-corrected chi connectivity index (χ1v) is 4.32. The molecule has 1 unspecified atom stereocenters. The lowest BCUT2D eigenvalue weighted by atomic mass is 10.2. The molecule has 2 N–H and O–H groups in total. The van der Waals surface area contributed by atoms with Gasteiger partial charge in [-0.2, -0.15) is 0 Å². The van der Waals surface area contributed by atoms with E-state index < -0.39 is 13.9 Å². The maximum absolute atomic E-state index is 10.5. The number of amides is 1. The molecule has 0 aliphatic carbocycles. The summed E-state index contributed by atoms with van der Waals surface area (Å²) in [4.78, 5) is 20.9. The highest BCUT2D eigenvalue weighted by Crippen LogP contribution is 2.28. The molecular weight excluding hydrogens is 165 g/mol. The average molecular weight is 175 g/mol. The van der Waals surface area contributed by atoms with Crippen LogP contribution < -0.4 is 10.6 Å². The molecule has 0 rings (SSSR count). The van der Waals surface area contributed by atoms with Gasteiger partial charge in [-0.3, -0.25) is 4.79 Å². The quantitative estimate of drug-likeness (QED) is 0.493. The third-order valence-electron chi connectivity index (χ3n) is 1.36. The molecule has 0 saturated carbocycles. The summed E-state index contributed by atoms with van der Waals surface area (Å²) in [6.45, 7) is 3.07. The number of allylic oxidation sites excluding steroid dienone is 1. The van der Waals surface area contributed by atoms with Gasteiger partial charge in [0.25, 0.3) is 0 Å². The van der Waals surface area contributed by atoms with Gasteiger partial charge in [-0.15, -0.1) is 0 Å². The number of carbonyl (C=O) groups excluding carboxylic acids is 1. The van der Waals surface area contributed by atoms with Gasteiger partial charge in [0.15, 0.2) is 5.31 Å². The molecule has 62 valence electrons. The van der Waals surface area contributed by atoms with Crippen LogP contribution >= 0.6 is 8.03 Å². The second-order valence-corrected chi connectivity index (χ2v) is 3.10. The van der Waals surface area contributed by atoms with Crippen LogP contribution in [0.4, 0.5) is 0 Å². The molecule has 0 bridgehead atoms. The summed E-state index contributed by atoms with van der Waals surface area (Å²) in [5.74, 6) is -0.680. The smallest absolute Gasteiger partial charge is 0.344 e. The van der Waals surface area contributed by atoms with Crippen LogP contribution in [-0.4, -0.2) is 5.91 Å². The van der Waals surface area contributed by atoms with Crippen LogP contribution in [0.3, 0.4) is 0 Å². The van der Waals surface area contributed by atoms with Crippen LogP contribution in [-0.2, 0) is 9.36 Å². The second kappa shape index (κ2) is 4.21. The van der Waals surface area contributed by atoms with Crippen LogP contribution in [0.5, 0.6) is 0 Å². The lowest BCUT2D eigenvalue weighted by Gasteiger charge is -1.96. The molecule has 0 aliphatic heterocycles. The zero-order valence-electron chi connectivity index (χ0n) is 6.46. The van der Waals surface area contributed by atoms with E-state index in [-0.39, 0.29) is 10.9 Å². The Labute approximate surface area is 66.0 Å². The summed E-state index contributed by atoms with van der Waals surface area (Å²) in [7, 11) is -2.66. The highest BCUT2D eigenvalue weighted by atomic mass is 31.1. The van der Waals surface area contributed by atoms with Crippen molar-refractivity contribution in [3.05, 3.63) is 10.9 Å². The molecule has 0 aromatic rings. The van der Waals surface area contributed by atoms with E-state index in [4.69, 9.17) is 5.73 Å². The van der Waals surface area contributed by atoms with Crippen molar-refractivity contribution in [2.45, 2.75) is 20.3 Å². The van der Waals surface area contributed by atoms with Crippen molar-refractivity contribution in [2.75, 3.05) is 0 Å². The van der Waals surface area contributed by atoms with Crippen molar-refractivity contribution in [1.29, 1.82) is 0 Å². The van der Waals surface area contributed by atoms with E-state index in [0.717, 1.165) is 0 Å². The van der Waals surface area contributed by atoms with Gasteiger partial charge in [0.05, 0.1) is 5.57 Å². The number of hydrogen-bond acceptors (Lipinski definition) is 3. The zero-order valence-corrected chi connectivity index (χ0v) is 7.35. The number of carbonyl (C=O) groups is 1. The van der Waals surface area contributed by atoms with Crippen LogP contribution in [0.15, 0.2) is 10.9 Å². The maximum atomic E-state index is 10.5. The molecular formula is C6H10NO3P. The average Bonchev–Trinajstić information content (AvgIpc) is 1.88. The van der Waals surface area contributed by atoms with Crippen molar-refractivity contribution in [3.63, 3.8) is 0 Å². The molecule has 0 aliphatic rings. The highest BCUT2D eigenvalue weighted by molar-refractivity contribution is 7.41. The Kier molecular flexibility index (Phi) is 3.93. The summed E-state index contributed by atoms with van der Waals surface area (Å²) >= 11 is 0. The number of rotatable bonds is 3. The fourth-order valence-electron chi connectivity index (χ4n) is 0.673. The van der Waals surface area contributed by atoms with Gasteiger partial charge in [-0.05, 0) is 6.92 Å². The van der Waals surface area contributed by atoms with Gasteiger partial charge in [0.2, 0.25) is 5.91 Å². The summed E-state index contributed by atoms with van der Waals surface area (Å²) in [6.07, 6.45) is 0.313. The predicted octanol–water partition coefficient (Wildman–Crippen LogP) is 0.258. The Morgan fingerprint density at radius 3 is 2.18 bits per heavy atom. The third-order valence-corrected chi connectivity index (χ3v) is 2.45. The lowest BCUT2D eigenvalue weighted by Crippen LogP contribution is -2.13. The minimum Gasteiger partial charge on any atom is -0.591 e. The van der Waals surface area contributed by atoms with Gasteiger partial charge in [0.1, 0.15) is 0 Å². The van der Waals surface area contributed by atoms with Gasteiger partial charge < -0.3 is 10.6 Å². The summed E-state index contributed by atoms with van der Waals surface area (Å²) in [5.41, 5.74) is 5.01. The molecule has 0 saturated heterocycles. The Morgan fingerprint density at radius 1 is 1.64 bits per heavy atom.